The van der Waals surface area contributed by atoms with Gasteiger partial charge < -0.3 is 15.1 Å². The van der Waals surface area contributed by atoms with Crippen molar-refractivity contribution >= 4 is 23.4 Å². The van der Waals surface area contributed by atoms with Gasteiger partial charge in [0.25, 0.3) is 0 Å². The van der Waals surface area contributed by atoms with Gasteiger partial charge in [0.15, 0.2) is 0 Å². The molecule has 0 bridgehead atoms. The molecular weight excluding hydrogens is 242 g/mol. The van der Waals surface area contributed by atoms with Gasteiger partial charge in [-0.3, -0.25) is 9.59 Å². The van der Waals surface area contributed by atoms with Crippen molar-refractivity contribution in [3.63, 3.8) is 0 Å². The van der Waals surface area contributed by atoms with E-state index in [9.17, 15) is 9.59 Å². The topological polar surface area (TPSA) is 52.6 Å². The maximum atomic E-state index is 11.8. The van der Waals surface area contributed by atoms with Crippen LogP contribution >= 0.6 is 11.6 Å². The summed E-state index contributed by atoms with van der Waals surface area (Å²) in [5, 5.41) is 2.49. The van der Waals surface area contributed by atoms with E-state index in [0.29, 0.717) is 0 Å². The predicted octanol–water partition coefficient (Wildman–Crippen LogP) is -0.106. The molecule has 1 atom stereocenters. The third-order valence-electron chi connectivity index (χ3n) is 3.10. The van der Waals surface area contributed by atoms with E-state index >= 15 is 0 Å². The average Bonchev–Trinajstić information content (AvgIpc) is 2.34. The molecule has 0 aromatic heterocycles. The number of carbonyl (C=O) groups excluding carboxylic acids is 2. The van der Waals surface area contributed by atoms with Crippen LogP contribution in [0, 0.1) is 0 Å². The van der Waals surface area contributed by atoms with E-state index in [1.165, 1.54) is 0 Å². The molecule has 0 saturated carbocycles. The Morgan fingerprint density at radius 2 is 2.24 bits per heavy atom. The fourth-order valence-corrected chi connectivity index (χ4v) is 2.10. The van der Waals surface area contributed by atoms with E-state index in [-0.39, 0.29) is 30.3 Å². The third-order valence-corrected chi connectivity index (χ3v) is 3.34. The molecule has 6 heteroatoms. The van der Waals surface area contributed by atoms with Gasteiger partial charge in [0.2, 0.25) is 11.8 Å². The first-order valence-electron chi connectivity index (χ1n) is 5.81. The van der Waals surface area contributed by atoms with Crippen LogP contribution in [-0.2, 0) is 9.59 Å². The number of nitrogens with one attached hydrogen (secondary N) is 1. The summed E-state index contributed by atoms with van der Waals surface area (Å²) in [7, 11) is 3.85. The third kappa shape index (κ3) is 4.52. The minimum atomic E-state index is -0.311. The number of hydrogen-bond acceptors (Lipinski definition) is 3. The Bertz CT molecular complexity index is 286. The second kappa shape index (κ2) is 6.81. The highest BCUT2D eigenvalue weighted by atomic mass is 35.5. The van der Waals surface area contributed by atoms with E-state index < -0.39 is 0 Å². The van der Waals surface area contributed by atoms with Gasteiger partial charge in [-0.1, -0.05) is 0 Å². The van der Waals surface area contributed by atoms with Crippen molar-refractivity contribution in [1.82, 2.24) is 15.1 Å². The molecule has 1 N–H and O–H groups in total. The Morgan fingerprint density at radius 1 is 1.53 bits per heavy atom. The lowest BCUT2D eigenvalue weighted by molar-refractivity contribution is -0.133. The summed E-state index contributed by atoms with van der Waals surface area (Å²) in [5.41, 5.74) is 0. The number of rotatable bonds is 4. The highest BCUT2D eigenvalue weighted by Gasteiger charge is 2.24. The summed E-state index contributed by atoms with van der Waals surface area (Å²) in [6.45, 7) is 2.01. The smallest absolute Gasteiger partial charge is 0.242 e. The first-order chi connectivity index (χ1) is 8.04. The molecular formula is C11H20ClN3O2. The number of alkyl halides is 1. The van der Waals surface area contributed by atoms with Crippen molar-refractivity contribution < 1.29 is 9.59 Å². The Hall–Kier alpha value is -0.810. The molecule has 1 unspecified atom stereocenters. The van der Waals surface area contributed by atoms with Gasteiger partial charge in [-0.15, -0.1) is 11.6 Å². The summed E-state index contributed by atoms with van der Waals surface area (Å²) in [6, 6.07) is 0.245. The Balaban J connectivity index is 2.37. The SMILES string of the molecule is CN1CCCC(N(C)C(=O)CNC(=O)CCl)C1. The molecule has 1 heterocycles. The maximum absolute atomic E-state index is 11.8. The fraction of sp³-hybridized carbons (Fsp3) is 0.818. The molecule has 1 saturated heterocycles. The molecule has 1 aliphatic heterocycles. The standard InChI is InChI=1S/C11H20ClN3O2/c1-14-5-3-4-9(8-14)15(2)11(17)7-13-10(16)6-12/h9H,3-8H2,1-2H3,(H,13,16). The molecule has 0 aliphatic carbocycles. The van der Waals surface area contributed by atoms with E-state index in [4.69, 9.17) is 11.6 Å². The summed E-state index contributed by atoms with van der Waals surface area (Å²) in [5.74, 6) is -0.485. The summed E-state index contributed by atoms with van der Waals surface area (Å²) in [4.78, 5) is 26.7. The minimum absolute atomic E-state index is 0.0300. The van der Waals surface area contributed by atoms with Gasteiger partial charge in [-0.25, -0.2) is 0 Å². The number of amides is 2. The normalized spacial score (nSPS) is 21.0. The number of nitrogens with zero attached hydrogens (tertiary/aromatic N) is 2. The predicted molar refractivity (Wildman–Crippen MR) is 67.0 cm³/mol. The quantitative estimate of drug-likeness (QED) is 0.719. The number of halogens is 1. The zero-order chi connectivity index (χ0) is 12.8. The Kier molecular flexibility index (Phi) is 5.71. The van der Waals surface area contributed by atoms with Crippen LogP contribution in [0.2, 0.25) is 0 Å². The molecule has 98 valence electrons. The molecule has 0 aromatic rings. The first-order valence-corrected chi connectivity index (χ1v) is 6.35. The van der Waals surface area contributed by atoms with Crippen LogP contribution in [0.5, 0.6) is 0 Å². The number of piperidine rings is 1. The van der Waals surface area contributed by atoms with Gasteiger partial charge >= 0.3 is 0 Å². The molecule has 0 radical (unpaired) electrons. The van der Waals surface area contributed by atoms with E-state index in [1.807, 2.05) is 0 Å². The second-order valence-electron chi connectivity index (χ2n) is 4.47. The van der Waals surface area contributed by atoms with Crippen LogP contribution in [0.3, 0.4) is 0 Å². The van der Waals surface area contributed by atoms with Gasteiger partial charge in [-0.05, 0) is 26.4 Å². The van der Waals surface area contributed by atoms with Crippen LogP contribution in [0.25, 0.3) is 0 Å². The molecule has 17 heavy (non-hydrogen) atoms. The fourth-order valence-electron chi connectivity index (χ4n) is 2.01. The van der Waals surface area contributed by atoms with Crippen molar-refractivity contribution in [2.24, 2.45) is 0 Å². The van der Waals surface area contributed by atoms with Crippen molar-refractivity contribution in [3.05, 3.63) is 0 Å². The average molecular weight is 262 g/mol. The molecule has 0 spiro atoms. The Labute approximate surface area is 107 Å². The molecule has 1 aliphatic rings. The first kappa shape index (κ1) is 14.3. The minimum Gasteiger partial charge on any atom is -0.346 e. The number of carbonyl (C=O) groups is 2. The second-order valence-corrected chi connectivity index (χ2v) is 4.74. The largest absolute Gasteiger partial charge is 0.346 e. The van der Waals surface area contributed by atoms with E-state index in [0.717, 1.165) is 25.9 Å². The molecule has 5 nitrogen and oxygen atoms in total. The van der Waals surface area contributed by atoms with E-state index in [2.05, 4.69) is 17.3 Å². The molecule has 1 fully saturated rings. The van der Waals surface area contributed by atoms with Crippen LogP contribution < -0.4 is 5.32 Å². The van der Waals surface area contributed by atoms with Crippen molar-refractivity contribution in [2.75, 3.05) is 39.6 Å². The highest BCUT2D eigenvalue weighted by Crippen LogP contribution is 2.13. The van der Waals surface area contributed by atoms with Crippen LogP contribution in [0.15, 0.2) is 0 Å². The van der Waals surface area contributed by atoms with Gasteiger partial charge in [-0.2, -0.15) is 0 Å². The van der Waals surface area contributed by atoms with Crippen LogP contribution in [0.1, 0.15) is 12.8 Å². The summed E-state index contributed by atoms with van der Waals surface area (Å²) < 4.78 is 0. The Morgan fingerprint density at radius 3 is 2.82 bits per heavy atom. The zero-order valence-electron chi connectivity index (χ0n) is 10.4. The number of hydrogen-bond donors (Lipinski definition) is 1. The zero-order valence-corrected chi connectivity index (χ0v) is 11.2. The lowest BCUT2D eigenvalue weighted by Gasteiger charge is -2.35. The molecule has 0 aromatic carbocycles. The maximum Gasteiger partial charge on any atom is 0.242 e. The van der Waals surface area contributed by atoms with Gasteiger partial charge in [0.1, 0.15) is 5.88 Å². The summed E-state index contributed by atoms with van der Waals surface area (Å²) in [6.07, 6.45) is 2.13. The van der Waals surface area contributed by atoms with Crippen molar-refractivity contribution in [2.45, 2.75) is 18.9 Å². The highest BCUT2D eigenvalue weighted by molar-refractivity contribution is 6.27. The van der Waals surface area contributed by atoms with Crippen LogP contribution in [-0.4, -0.2) is 67.3 Å². The number of likely N-dealkylation sites (N-methyl/N-ethyl adjacent to an activating group) is 2. The lowest BCUT2D eigenvalue weighted by Crippen LogP contribution is -2.49. The summed E-state index contributed by atoms with van der Waals surface area (Å²) >= 11 is 5.34. The van der Waals surface area contributed by atoms with Crippen LogP contribution in [0.4, 0.5) is 0 Å². The van der Waals surface area contributed by atoms with Gasteiger partial charge in [0, 0.05) is 19.6 Å². The molecule has 1 rings (SSSR count). The monoisotopic (exact) mass is 261 g/mol. The number of likely N-dealkylation sites (tertiary alicyclic amines) is 1. The van der Waals surface area contributed by atoms with Crippen molar-refractivity contribution in [1.29, 1.82) is 0 Å². The molecule has 2 amide bonds. The lowest BCUT2D eigenvalue weighted by atomic mass is 10.1. The van der Waals surface area contributed by atoms with Crippen molar-refractivity contribution in [3.8, 4) is 0 Å². The van der Waals surface area contributed by atoms with E-state index in [1.54, 1.807) is 11.9 Å². The van der Waals surface area contributed by atoms with Gasteiger partial charge in [0.05, 0.1) is 6.54 Å².